The molecule has 2 aromatic rings. The average molecular weight is 395 g/mol. The van der Waals surface area contributed by atoms with Crippen molar-refractivity contribution < 1.29 is 13.2 Å². The Morgan fingerprint density at radius 3 is 2.30 bits per heavy atom. The van der Waals surface area contributed by atoms with Crippen LogP contribution in [0.2, 0.25) is 0 Å². The lowest BCUT2D eigenvalue weighted by atomic mass is 10.2. The highest BCUT2D eigenvalue weighted by molar-refractivity contribution is 7.96. The maximum absolute atomic E-state index is 12.4. The standard InChI is InChI=1S/C18H20F3N5S/c1-13(24-25-14(2)18(19,20)21)15-7-8-17(23-10-15)12-26(27-3)11-16-6-4-5-9-22-16/h4-10,24-25H,1-2,11-12H2,3H3. The maximum Gasteiger partial charge on any atom is 0.432 e. The Bertz CT molecular complexity index is 763. The monoisotopic (exact) mass is 395 g/mol. The molecule has 0 aliphatic carbocycles. The lowest BCUT2D eigenvalue weighted by Crippen LogP contribution is -2.35. The van der Waals surface area contributed by atoms with E-state index in [0.29, 0.717) is 18.7 Å². The Morgan fingerprint density at radius 2 is 1.78 bits per heavy atom. The van der Waals surface area contributed by atoms with Gasteiger partial charge in [0.05, 0.1) is 30.2 Å². The summed E-state index contributed by atoms with van der Waals surface area (Å²) in [5.74, 6) is 0. The number of hydrogen-bond acceptors (Lipinski definition) is 6. The predicted octanol–water partition coefficient (Wildman–Crippen LogP) is 3.90. The molecule has 2 aromatic heterocycles. The molecule has 27 heavy (non-hydrogen) atoms. The van der Waals surface area contributed by atoms with Gasteiger partial charge in [0, 0.05) is 18.0 Å². The van der Waals surface area contributed by atoms with Crippen LogP contribution in [0.3, 0.4) is 0 Å². The summed E-state index contributed by atoms with van der Waals surface area (Å²) in [7, 11) is 0. The first-order valence-electron chi connectivity index (χ1n) is 7.91. The molecule has 5 nitrogen and oxygen atoms in total. The third-order valence-electron chi connectivity index (χ3n) is 3.54. The zero-order valence-electron chi connectivity index (χ0n) is 14.8. The number of hydrogen-bond donors (Lipinski definition) is 2. The molecule has 0 amide bonds. The highest BCUT2D eigenvalue weighted by Gasteiger charge is 2.32. The third kappa shape index (κ3) is 6.61. The van der Waals surface area contributed by atoms with E-state index in [-0.39, 0.29) is 5.70 Å². The summed E-state index contributed by atoms with van der Waals surface area (Å²) >= 11 is 1.58. The van der Waals surface area contributed by atoms with Crippen molar-refractivity contribution >= 4 is 17.6 Å². The second-order valence-corrected chi connectivity index (χ2v) is 6.43. The quantitative estimate of drug-likeness (QED) is 0.496. The Hall–Kier alpha value is -2.52. The van der Waals surface area contributed by atoms with Gasteiger partial charge in [-0.05, 0) is 30.5 Å². The van der Waals surface area contributed by atoms with E-state index in [1.54, 1.807) is 30.4 Å². The van der Waals surface area contributed by atoms with Crippen molar-refractivity contribution in [1.29, 1.82) is 0 Å². The number of allylic oxidation sites excluding steroid dienone is 1. The lowest BCUT2D eigenvalue weighted by Gasteiger charge is -2.19. The van der Waals surface area contributed by atoms with Crippen LogP contribution < -0.4 is 10.9 Å². The van der Waals surface area contributed by atoms with Gasteiger partial charge in [0.1, 0.15) is 5.70 Å². The van der Waals surface area contributed by atoms with Crippen LogP contribution in [-0.4, -0.2) is 26.7 Å². The molecule has 0 radical (unpaired) electrons. The van der Waals surface area contributed by atoms with Crippen LogP contribution in [-0.2, 0) is 13.1 Å². The summed E-state index contributed by atoms with van der Waals surface area (Å²) in [6, 6.07) is 9.32. The van der Waals surface area contributed by atoms with Gasteiger partial charge in [-0.25, -0.2) is 4.31 Å². The van der Waals surface area contributed by atoms with Gasteiger partial charge in [-0.2, -0.15) is 13.2 Å². The number of hydrazine groups is 1. The first-order chi connectivity index (χ1) is 12.8. The van der Waals surface area contributed by atoms with E-state index in [4.69, 9.17) is 0 Å². The lowest BCUT2D eigenvalue weighted by molar-refractivity contribution is -0.0970. The van der Waals surface area contributed by atoms with Crippen LogP contribution in [0.4, 0.5) is 13.2 Å². The molecule has 0 saturated carbocycles. The summed E-state index contributed by atoms with van der Waals surface area (Å²) in [6.07, 6.45) is 0.759. The van der Waals surface area contributed by atoms with Crippen LogP contribution in [0.5, 0.6) is 0 Å². The summed E-state index contributed by atoms with van der Waals surface area (Å²) < 4.78 is 39.3. The second kappa shape index (κ2) is 9.43. The SMILES string of the molecule is C=C(NNC(=C)C(F)(F)F)c1ccc(CN(Cc2ccccn2)SC)nc1. The van der Waals surface area contributed by atoms with Crippen LogP contribution in [0.15, 0.2) is 61.6 Å². The fraction of sp³-hybridized carbons (Fsp3) is 0.222. The Kier molecular flexibility index (Phi) is 7.26. The van der Waals surface area contributed by atoms with E-state index in [0.717, 1.165) is 11.4 Å². The van der Waals surface area contributed by atoms with Crippen LogP contribution in [0.25, 0.3) is 5.70 Å². The minimum Gasteiger partial charge on any atom is -0.301 e. The van der Waals surface area contributed by atoms with Crippen LogP contribution in [0.1, 0.15) is 17.0 Å². The molecule has 2 N–H and O–H groups in total. The number of alkyl halides is 3. The highest BCUT2D eigenvalue weighted by Crippen LogP contribution is 2.21. The second-order valence-electron chi connectivity index (χ2n) is 5.54. The molecule has 2 heterocycles. The van der Waals surface area contributed by atoms with E-state index in [9.17, 15) is 13.2 Å². The van der Waals surface area contributed by atoms with Crippen molar-refractivity contribution in [1.82, 2.24) is 25.1 Å². The molecule has 0 aromatic carbocycles. The van der Waals surface area contributed by atoms with E-state index < -0.39 is 11.9 Å². The van der Waals surface area contributed by atoms with E-state index in [2.05, 4.69) is 32.9 Å². The number of aromatic nitrogens is 2. The van der Waals surface area contributed by atoms with Crippen molar-refractivity contribution in [2.45, 2.75) is 19.3 Å². The summed E-state index contributed by atoms with van der Waals surface area (Å²) in [5, 5.41) is 0. The predicted molar refractivity (Wildman–Crippen MR) is 102 cm³/mol. The number of pyridine rings is 2. The number of halogens is 3. The molecule has 0 saturated heterocycles. The normalized spacial score (nSPS) is 11.3. The van der Waals surface area contributed by atoms with Gasteiger partial charge in [-0.1, -0.05) is 31.2 Å². The fourth-order valence-corrected chi connectivity index (χ4v) is 2.55. The van der Waals surface area contributed by atoms with Crippen LogP contribution in [0, 0.1) is 0 Å². The Morgan fingerprint density at radius 1 is 1.07 bits per heavy atom. The van der Waals surface area contributed by atoms with E-state index in [1.165, 1.54) is 0 Å². The van der Waals surface area contributed by atoms with Gasteiger partial charge in [0.15, 0.2) is 0 Å². The van der Waals surface area contributed by atoms with E-state index >= 15 is 0 Å². The van der Waals surface area contributed by atoms with Crippen molar-refractivity contribution in [3.63, 3.8) is 0 Å². The van der Waals surface area contributed by atoms with Gasteiger partial charge in [0.2, 0.25) is 0 Å². The molecular formula is C18H20F3N5S. The Labute approximate surface area is 160 Å². The highest BCUT2D eigenvalue weighted by atomic mass is 32.2. The molecule has 2 rings (SSSR count). The average Bonchev–Trinajstić information content (AvgIpc) is 2.65. The topological polar surface area (TPSA) is 53.1 Å². The molecule has 9 heteroatoms. The van der Waals surface area contributed by atoms with Gasteiger partial charge in [0.25, 0.3) is 0 Å². The van der Waals surface area contributed by atoms with E-state index in [1.807, 2.05) is 35.9 Å². The zero-order valence-corrected chi connectivity index (χ0v) is 15.6. The minimum atomic E-state index is -4.52. The molecule has 0 atom stereocenters. The molecule has 0 unspecified atom stereocenters. The first kappa shape index (κ1) is 20.8. The van der Waals surface area contributed by atoms with Crippen molar-refractivity contribution in [2.24, 2.45) is 0 Å². The Balaban J connectivity index is 1.91. The van der Waals surface area contributed by atoms with Crippen molar-refractivity contribution in [2.75, 3.05) is 6.26 Å². The molecule has 0 fully saturated rings. The summed E-state index contributed by atoms with van der Waals surface area (Å²) in [4.78, 5) is 8.66. The zero-order chi connectivity index (χ0) is 19.9. The van der Waals surface area contributed by atoms with Crippen molar-refractivity contribution in [3.05, 3.63) is 78.5 Å². The molecule has 144 valence electrons. The molecule has 0 aliphatic rings. The summed E-state index contributed by atoms with van der Waals surface area (Å²) in [5.41, 5.74) is 5.88. The maximum atomic E-state index is 12.4. The number of nitrogens with zero attached hydrogens (tertiary/aromatic N) is 3. The van der Waals surface area contributed by atoms with Crippen molar-refractivity contribution in [3.8, 4) is 0 Å². The smallest absolute Gasteiger partial charge is 0.301 e. The first-order valence-corrected chi connectivity index (χ1v) is 9.09. The molecular weight excluding hydrogens is 375 g/mol. The van der Waals surface area contributed by atoms with Crippen LogP contribution >= 0.6 is 11.9 Å². The number of rotatable bonds is 9. The van der Waals surface area contributed by atoms with Gasteiger partial charge in [-0.15, -0.1) is 0 Å². The molecule has 0 spiro atoms. The summed E-state index contributed by atoms with van der Waals surface area (Å²) in [6.45, 7) is 7.88. The van der Waals surface area contributed by atoms with Gasteiger partial charge in [-0.3, -0.25) is 15.4 Å². The molecule has 0 bridgehead atoms. The largest absolute Gasteiger partial charge is 0.432 e. The number of nitrogens with one attached hydrogen (secondary N) is 2. The van der Waals surface area contributed by atoms with Gasteiger partial charge >= 0.3 is 6.18 Å². The molecule has 0 aliphatic heterocycles. The van der Waals surface area contributed by atoms with Gasteiger partial charge < -0.3 is 5.43 Å². The minimum absolute atomic E-state index is 0.259. The fourth-order valence-electron chi connectivity index (χ4n) is 2.03. The third-order valence-corrected chi connectivity index (χ3v) is 4.32.